The Hall–Kier alpha value is -3.65. The quantitative estimate of drug-likeness (QED) is 0.210. The molecule has 0 atom stereocenters. The molecule has 2 amide bonds. The fraction of sp³-hybridized carbons (Fsp3) is 0.514. The number of primary amides is 1. The van der Waals surface area contributed by atoms with Gasteiger partial charge < -0.3 is 20.6 Å². The largest absolute Gasteiger partial charge is 0.372 e. The molecule has 4 N–H and O–H groups in total. The maximum absolute atomic E-state index is 13.4. The Kier molecular flexibility index (Phi) is 9.55. The molecule has 4 aromatic rings. The number of nitrogens with one attached hydrogen (secondary N) is 2. The number of carbonyl (C=O) groups is 2. The number of carbonyl (C=O) groups excluding carboxylic acids is 2. The van der Waals surface area contributed by atoms with Gasteiger partial charge in [-0.1, -0.05) is 40.2 Å². The van der Waals surface area contributed by atoms with Crippen LogP contribution in [0.3, 0.4) is 0 Å². The summed E-state index contributed by atoms with van der Waals surface area (Å²) < 4.78 is 0. The zero-order valence-corrected chi connectivity index (χ0v) is 26.3. The maximum atomic E-state index is 13.4. The van der Waals surface area contributed by atoms with Crippen LogP contribution in [-0.2, 0) is 9.59 Å². The third kappa shape index (κ3) is 6.07. The van der Waals surface area contributed by atoms with E-state index in [0.29, 0.717) is 24.3 Å². The average Bonchev–Trinajstić information content (AvgIpc) is 3.66. The number of rotatable bonds is 7. The van der Waals surface area contributed by atoms with Crippen LogP contribution in [0.15, 0.2) is 42.7 Å². The summed E-state index contributed by atoms with van der Waals surface area (Å²) in [6, 6.07) is 11.2. The van der Waals surface area contributed by atoms with Gasteiger partial charge in [0.1, 0.15) is 5.65 Å². The summed E-state index contributed by atoms with van der Waals surface area (Å²) in [4.78, 5) is 38.1. The molecule has 2 aliphatic heterocycles. The molecule has 8 heteroatoms. The fourth-order valence-corrected chi connectivity index (χ4v) is 7.65. The highest BCUT2D eigenvalue weighted by atomic mass is 16.2. The van der Waals surface area contributed by atoms with E-state index < -0.39 is 0 Å². The Morgan fingerprint density at radius 1 is 1.09 bits per heavy atom. The predicted molar refractivity (Wildman–Crippen MR) is 175 cm³/mol. The van der Waals surface area contributed by atoms with Crippen LogP contribution in [0.25, 0.3) is 33.2 Å². The molecule has 0 unspecified atom stereocenters. The Bertz CT molecular complexity index is 1540. The molecule has 0 saturated carbocycles. The molecule has 5 heterocycles. The molecular weight excluding hydrogens is 536 g/mol. The Morgan fingerprint density at radius 2 is 1.84 bits per heavy atom. The van der Waals surface area contributed by atoms with Crippen LogP contribution in [0.5, 0.6) is 0 Å². The summed E-state index contributed by atoms with van der Waals surface area (Å²) >= 11 is 0. The van der Waals surface area contributed by atoms with Gasteiger partial charge in [0.15, 0.2) is 0 Å². The summed E-state index contributed by atoms with van der Waals surface area (Å²) in [5.41, 5.74) is 11.7. The molecule has 2 aliphatic rings. The number of nitrogens with two attached hydrogens (primary N) is 1. The molecule has 0 bridgehead atoms. The smallest absolute Gasteiger partial charge is 0.236 e. The van der Waals surface area contributed by atoms with Crippen molar-refractivity contribution in [2.45, 2.75) is 90.0 Å². The van der Waals surface area contributed by atoms with Gasteiger partial charge in [-0.05, 0) is 92.3 Å². The van der Waals surface area contributed by atoms with E-state index in [1.54, 1.807) is 0 Å². The van der Waals surface area contributed by atoms with Crippen molar-refractivity contribution in [3.8, 4) is 11.3 Å². The lowest BCUT2D eigenvalue weighted by Crippen LogP contribution is -2.55. The lowest BCUT2D eigenvalue weighted by atomic mass is 9.82. The van der Waals surface area contributed by atoms with Crippen LogP contribution in [-0.4, -0.2) is 68.8 Å². The predicted octanol–water partition coefficient (Wildman–Crippen LogP) is 6.69. The SMILES string of the molecule is CCC1(CC)CCCCN1CC(=O)N1CCC(c2ccc3[nH]c(-c4ccnc5[nH]ccc45)c(C(C)C)c3c2)CC1.NC=O. The average molecular weight is 585 g/mol. The molecule has 2 fully saturated rings. The molecule has 3 aromatic heterocycles. The van der Waals surface area contributed by atoms with Gasteiger partial charge in [0.25, 0.3) is 0 Å². The molecule has 43 heavy (non-hydrogen) atoms. The first kappa shape index (κ1) is 30.8. The molecule has 230 valence electrons. The number of amides is 2. The molecule has 2 saturated heterocycles. The molecule has 0 radical (unpaired) electrons. The molecule has 8 nitrogen and oxygen atoms in total. The topological polar surface area (TPSA) is 111 Å². The van der Waals surface area contributed by atoms with Crippen LogP contribution < -0.4 is 5.73 Å². The number of likely N-dealkylation sites (tertiary alicyclic amines) is 2. The summed E-state index contributed by atoms with van der Waals surface area (Å²) in [6.07, 6.45) is 12.2. The van der Waals surface area contributed by atoms with Gasteiger partial charge in [-0.15, -0.1) is 0 Å². The van der Waals surface area contributed by atoms with E-state index in [1.807, 2.05) is 12.4 Å². The normalized spacial score (nSPS) is 17.7. The first-order chi connectivity index (χ1) is 20.9. The number of aromatic amines is 2. The maximum Gasteiger partial charge on any atom is 0.236 e. The second-order valence-electron chi connectivity index (χ2n) is 12.6. The van der Waals surface area contributed by atoms with Crippen molar-refractivity contribution < 1.29 is 9.59 Å². The summed E-state index contributed by atoms with van der Waals surface area (Å²) in [7, 11) is 0. The summed E-state index contributed by atoms with van der Waals surface area (Å²) in [5.74, 6) is 1.20. The number of pyridine rings is 1. The van der Waals surface area contributed by atoms with Crippen molar-refractivity contribution in [1.82, 2.24) is 24.8 Å². The van der Waals surface area contributed by atoms with Gasteiger partial charge in [0.05, 0.1) is 12.2 Å². The number of hydrogen-bond acceptors (Lipinski definition) is 4. The van der Waals surface area contributed by atoms with E-state index in [2.05, 4.69) is 88.5 Å². The summed E-state index contributed by atoms with van der Waals surface area (Å²) in [6.45, 7) is 12.5. The van der Waals surface area contributed by atoms with Gasteiger partial charge in [-0.2, -0.15) is 0 Å². The highest BCUT2D eigenvalue weighted by molar-refractivity contribution is 5.99. The first-order valence-electron chi connectivity index (χ1n) is 16.1. The first-order valence-corrected chi connectivity index (χ1v) is 16.1. The van der Waals surface area contributed by atoms with Crippen LogP contribution in [0.4, 0.5) is 0 Å². The lowest BCUT2D eigenvalue weighted by Gasteiger charge is -2.47. The van der Waals surface area contributed by atoms with Crippen molar-refractivity contribution in [2.75, 3.05) is 26.2 Å². The Morgan fingerprint density at radius 3 is 2.53 bits per heavy atom. The van der Waals surface area contributed by atoms with Gasteiger partial charge in [0, 0.05) is 52.9 Å². The van der Waals surface area contributed by atoms with Crippen LogP contribution in [0, 0.1) is 0 Å². The van der Waals surface area contributed by atoms with Gasteiger partial charge in [0.2, 0.25) is 12.3 Å². The molecule has 0 aliphatic carbocycles. The Balaban J connectivity index is 0.00000118. The number of nitrogens with zero attached hydrogens (tertiary/aromatic N) is 3. The molecule has 0 spiro atoms. The van der Waals surface area contributed by atoms with Crippen molar-refractivity contribution in [3.05, 3.63) is 53.9 Å². The third-order valence-electron chi connectivity index (χ3n) is 10.1. The van der Waals surface area contributed by atoms with Gasteiger partial charge >= 0.3 is 0 Å². The highest BCUT2D eigenvalue weighted by Gasteiger charge is 2.37. The zero-order valence-electron chi connectivity index (χ0n) is 26.3. The lowest BCUT2D eigenvalue weighted by molar-refractivity contribution is -0.136. The van der Waals surface area contributed by atoms with E-state index in [4.69, 9.17) is 4.79 Å². The van der Waals surface area contributed by atoms with E-state index in [9.17, 15) is 4.79 Å². The van der Waals surface area contributed by atoms with Crippen molar-refractivity contribution in [1.29, 1.82) is 0 Å². The molecular formula is C35H48N6O2. The second-order valence-corrected chi connectivity index (χ2v) is 12.6. The highest BCUT2D eigenvalue weighted by Crippen LogP contribution is 2.40. The van der Waals surface area contributed by atoms with Gasteiger partial charge in [-0.25, -0.2) is 4.98 Å². The number of piperidine rings is 2. The fourth-order valence-electron chi connectivity index (χ4n) is 7.65. The molecule has 1 aromatic carbocycles. The van der Waals surface area contributed by atoms with E-state index in [-0.39, 0.29) is 11.9 Å². The van der Waals surface area contributed by atoms with Crippen molar-refractivity contribution >= 4 is 34.3 Å². The zero-order chi connectivity index (χ0) is 30.6. The number of benzene rings is 1. The third-order valence-corrected chi connectivity index (χ3v) is 10.1. The monoisotopic (exact) mass is 584 g/mol. The Labute approximate surface area is 255 Å². The van der Waals surface area contributed by atoms with Gasteiger partial charge in [-0.3, -0.25) is 14.5 Å². The molecule has 6 rings (SSSR count). The summed E-state index contributed by atoms with van der Waals surface area (Å²) in [5, 5.41) is 2.47. The van der Waals surface area contributed by atoms with Crippen molar-refractivity contribution in [3.63, 3.8) is 0 Å². The van der Waals surface area contributed by atoms with E-state index in [0.717, 1.165) is 56.4 Å². The standard InChI is InChI=1S/C34H45N5O.CH3NO/c1-5-34(6-2)15-7-8-18-39(34)22-30(40)38-19-13-24(14-20-38)25-9-10-29-28(21-25)31(23(3)4)32(37-29)26-11-16-35-33-27(26)12-17-36-33;2-1-3/h9-12,16-17,21,23-24,37H,5-8,13-15,18-20,22H2,1-4H3,(H,35,36);1H,(H2,2,3). The minimum absolute atomic E-state index is 0.217. The minimum Gasteiger partial charge on any atom is -0.372 e. The van der Waals surface area contributed by atoms with Crippen molar-refractivity contribution in [2.24, 2.45) is 5.73 Å². The number of aromatic nitrogens is 3. The van der Waals surface area contributed by atoms with E-state index >= 15 is 0 Å². The second kappa shape index (κ2) is 13.3. The number of fused-ring (bicyclic) bond motifs is 2. The van der Waals surface area contributed by atoms with Crippen LogP contribution in [0.1, 0.15) is 95.6 Å². The number of H-pyrrole nitrogens is 2. The number of hydrogen-bond donors (Lipinski definition) is 3. The minimum atomic E-state index is 0.217. The van der Waals surface area contributed by atoms with Crippen LogP contribution >= 0.6 is 0 Å². The van der Waals surface area contributed by atoms with E-state index in [1.165, 1.54) is 52.5 Å². The van der Waals surface area contributed by atoms with Crippen LogP contribution in [0.2, 0.25) is 0 Å².